The molecule has 0 aliphatic rings. The quantitative estimate of drug-likeness (QED) is 0.830. The molecule has 0 radical (unpaired) electrons. The van der Waals surface area contributed by atoms with Crippen LogP contribution in [0.5, 0.6) is 0 Å². The maximum atomic E-state index is 13.0. The summed E-state index contributed by atoms with van der Waals surface area (Å²) in [5, 5.41) is 0. The van der Waals surface area contributed by atoms with Gasteiger partial charge in [-0.3, -0.25) is 0 Å². The van der Waals surface area contributed by atoms with Gasteiger partial charge in [-0.2, -0.15) is 0 Å². The minimum Gasteiger partial charge on any atom is -0.330 e. The highest BCUT2D eigenvalue weighted by Gasteiger charge is 2.09. The van der Waals surface area contributed by atoms with Crippen LogP contribution in [0.2, 0.25) is 0 Å². The van der Waals surface area contributed by atoms with Crippen LogP contribution in [0.15, 0.2) is 18.2 Å². The third-order valence-electron chi connectivity index (χ3n) is 2.92. The first kappa shape index (κ1) is 14.1. The Bertz CT molecular complexity index is 351. The van der Waals surface area contributed by atoms with E-state index in [0.717, 1.165) is 18.5 Å². The van der Waals surface area contributed by atoms with Crippen molar-refractivity contribution in [2.75, 3.05) is 20.1 Å². The summed E-state index contributed by atoms with van der Waals surface area (Å²) in [6.45, 7) is 4.22. The molecule has 0 saturated carbocycles. The van der Waals surface area contributed by atoms with Crippen molar-refractivity contribution < 1.29 is 8.78 Å². The van der Waals surface area contributed by atoms with Gasteiger partial charge < -0.3 is 10.6 Å². The number of nitrogens with two attached hydrogens (primary N) is 1. The van der Waals surface area contributed by atoms with E-state index < -0.39 is 11.6 Å². The van der Waals surface area contributed by atoms with Crippen molar-refractivity contribution in [1.29, 1.82) is 0 Å². The van der Waals surface area contributed by atoms with Gasteiger partial charge in [0.05, 0.1) is 0 Å². The number of nitrogens with zero attached hydrogens (tertiary/aromatic N) is 1. The lowest BCUT2D eigenvalue weighted by Crippen LogP contribution is -2.29. The lowest BCUT2D eigenvalue weighted by atomic mass is 10.1. The summed E-state index contributed by atoms with van der Waals surface area (Å²) in [5.74, 6) is -1.14. The number of halogens is 2. The van der Waals surface area contributed by atoms with Crippen LogP contribution >= 0.6 is 0 Å². The van der Waals surface area contributed by atoms with Crippen LogP contribution in [-0.2, 0) is 6.54 Å². The predicted octanol–water partition coefficient (Wildman–Crippen LogP) is 2.38. The molecule has 96 valence electrons. The summed E-state index contributed by atoms with van der Waals surface area (Å²) >= 11 is 0. The van der Waals surface area contributed by atoms with Crippen LogP contribution in [-0.4, -0.2) is 25.0 Å². The molecular weight excluding hydrogens is 222 g/mol. The lowest BCUT2D eigenvalue weighted by molar-refractivity contribution is 0.267. The molecule has 0 saturated heterocycles. The lowest BCUT2D eigenvalue weighted by Gasteiger charge is -2.22. The van der Waals surface area contributed by atoms with Gasteiger partial charge >= 0.3 is 0 Å². The second kappa shape index (κ2) is 6.67. The van der Waals surface area contributed by atoms with Crippen LogP contribution < -0.4 is 5.73 Å². The van der Waals surface area contributed by atoms with Gasteiger partial charge in [-0.1, -0.05) is 19.4 Å². The Labute approximate surface area is 101 Å². The van der Waals surface area contributed by atoms with Crippen molar-refractivity contribution in [1.82, 2.24) is 4.90 Å². The Balaban J connectivity index is 2.55. The van der Waals surface area contributed by atoms with Crippen LogP contribution in [0.3, 0.4) is 0 Å². The molecule has 0 amide bonds. The summed E-state index contributed by atoms with van der Waals surface area (Å²) < 4.78 is 25.8. The molecule has 1 unspecified atom stereocenters. The van der Waals surface area contributed by atoms with Gasteiger partial charge in [0, 0.05) is 13.1 Å². The number of rotatable bonds is 6. The van der Waals surface area contributed by atoms with Crippen molar-refractivity contribution in [3.8, 4) is 0 Å². The maximum absolute atomic E-state index is 13.0. The SMILES string of the molecule is CCC(CN)CN(C)Cc1ccc(F)c(F)c1. The average Bonchev–Trinajstić information content (AvgIpc) is 2.31. The van der Waals surface area contributed by atoms with E-state index in [1.807, 2.05) is 7.05 Å². The van der Waals surface area contributed by atoms with Crippen molar-refractivity contribution in [2.24, 2.45) is 11.7 Å². The van der Waals surface area contributed by atoms with E-state index in [4.69, 9.17) is 5.73 Å². The number of benzene rings is 1. The van der Waals surface area contributed by atoms with Gasteiger partial charge in [0.25, 0.3) is 0 Å². The Hall–Kier alpha value is -1.00. The minimum absolute atomic E-state index is 0.449. The fourth-order valence-corrected chi connectivity index (χ4v) is 1.83. The fraction of sp³-hybridized carbons (Fsp3) is 0.538. The molecule has 0 aliphatic carbocycles. The van der Waals surface area contributed by atoms with Crippen molar-refractivity contribution >= 4 is 0 Å². The average molecular weight is 242 g/mol. The molecule has 0 aromatic heterocycles. The summed E-state index contributed by atoms with van der Waals surface area (Å²) in [6.07, 6.45) is 1.03. The molecule has 0 aliphatic heterocycles. The zero-order valence-electron chi connectivity index (χ0n) is 10.4. The zero-order valence-corrected chi connectivity index (χ0v) is 10.4. The second-order valence-corrected chi connectivity index (χ2v) is 4.46. The van der Waals surface area contributed by atoms with Crippen LogP contribution in [0.1, 0.15) is 18.9 Å². The van der Waals surface area contributed by atoms with E-state index >= 15 is 0 Å². The standard InChI is InChI=1S/C13H20F2N2/c1-3-10(7-16)8-17(2)9-11-4-5-12(14)13(15)6-11/h4-6,10H,3,7-9,16H2,1-2H3. The number of hydrogen-bond acceptors (Lipinski definition) is 2. The fourth-order valence-electron chi connectivity index (χ4n) is 1.83. The van der Waals surface area contributed by atoms with Gasteiger partial charge in [0.1, 0.15) is 0 Å². The smallest absolute Gasteiger partial charge is 0.159 e. The number of hydrogen-bond donors (Lipinski definition) is 1. The van der Waals surface area contributed by atoms with E-state index in [9.17, 15) is 8.78 Å². The molecular formula is C13H20F2N2. The largest absolute Gasteiger partial charge is 0.330 e. The molecule has 0 spiro atoms. The van der Waals surface area contributed by atoms with Crippen molar-refractivity contribution in [2.45, 2.75) is 19.9 Å². The summed E-state index contributed by atoms with van der Waals surface area (Å²) in [7, 11) is 1.96. The highest BCUT2D eigenvalue weighted by atomic mass is 19.2. The van der Waals surface area contributed by atoms with Crippen LogP contribution in [0.25, 0.3) is 0 Å². The summed E-state index contributed by atoms with van der Waals surface area (Å²) in [6, 6.07) is 4.02. The van der Waals surface area contributed by atoms with Crippen LogP contribution in [0, 0.1) is 17.6 Å². The summed E-state index contributed by atoms with van der Waals surface area (Å²) in [4.78, 5) is 2.08. The van der Waals surface area contributed by atoms with E-state index in [0.29, 0.717) is 19.0 Å². The summed E-state index contributed by atoms with van der Waals surface area (Å²) in [5.41, 5.74) is 6.41. The van der Waals surface area contributed by atoms with Gasteiger partial charge in [-0.05, 0) is 37.2 Å². The molecule has 0 bridgehead atoms. The second-order valence-electron chi connectivity index (χ2n) is 4.46. The Kier molecular flexibility index (Phi) is 5.51. The van der Waals surface area contributed by atoms with E-state index in [1.165, 1.54) is 12.1 Å². The monoisotopic (exact) mass is 242 g/mol. The molecule has 2 nitrogen and oxygen atoms in total. The molecule has 1 atom stereocenters. The van der Waals surface area contributed by atoms with Crippen molar-refractivity contribution in [3.05, 3.63) is 35.4 Å². The first-order valence-electron chi connectivity index (χ1n) is 5.89. The molecule has 17 heavy (non-hydrogen) atoms. The van der Waals surface area contributed by atoms with Gasteiger partial charge in [-0.15, -0.1) is 0 Å². The molecule has 0 heterocycles. The molecule has 4 heteroatoms. The molecule has 1 rings (SSSR count). The molecule has 2 N–H and O–H groups in total. The Morgan fingerprint density at radius 2 is 2.00 bits per heavy atom. The molecule has 1 aromatic rings. The first-order chi connectivity index (χ1) is 8.06. The Morgan fingerprint density at radius 3 is 2.53 bits per heavy atom. The topological polar surface area (TPSA) is 29.3 Å². The van der Waals surface area contributed by atoms with E-state index in [-0.39, 0.29) is 0 Å². The Morgan fingerprint density at radius 1 is 1.29 bits per heavy atom. The van der Waals surface area contributed by atoms with Gasteiger partial charge in [-0.25, -0.2) is 8.78 Å². The van der Waals surface area contributed by atoms with E-state index in [2.05, 4.69) is 11.8 Å². The van der Waals surface area contributed by atoms with Crippen LogP contribution in [0.4, 0.5) is 8.78 Å². The molecule has 0 fully saturated rings. The maximum Gasteiger partial charge on any atom is 0.159 e. The molecule has 1 aromatic carbocycles. The first-order valence-corrected chi connectivity index (χ1v) is 5.89. The van der Waals surface area contributed by atoms with Crippen molar-refractivity contribution in [3.63, 3.8) is 0 Å². The normalized spacial score (nSPS) is 13.1. The highest BCUT2D eigenvalue weighted by molar-refractivity contribution is 5.17. The van der Waals surface area contributed by atoms with Gasteiger partial charge in [0.15, 0.2) is 11.6 Å². The predicted molar refractivity (Wildman–Crippen MR) is 65.5 cm³/mol. The zero-order chi connectivity index (χ0) is 12.8. The minimum atomic E-state index is -0.801. The van der Waals surface area contributed by atoms with Gasteiger partial charge in [0.2, 0.25) is 0 Å². The third kappa shape index (κ3) is 4.40. The third-order valence-corrected chi connectivity index (χ3v) is 2.92. The van der Waals surface area contributed by atoms with E-state index in [1.54, 1.807) is 6.07 Å². The highest BCUT2D eigenvalue weighted by Crippen LogP contribution is 2.11.